The van der Waals surface area contributed by atoms with Crippen molar-refractivity contribution in [3.8, 4) is 0 Å². The maximum Gasteiger partial charge on any atom is 0.336 e. The summed E-state index contributed by atoms with van der Waals surface area (Å²) >= 11 is 0. The number of aliphatic carboxylic acids is 1. The van der Waals surface area contributed by atoms with Gasteiger partial charge in [-0.05, 0) is 39.2 Å². The van der Waals surface area contributed by atoms with Crippen LogP contribution in [-0.4, -0.2) is 58.4 Å². The van der Waals surface area contributed by atoms with Gasteiger partial charge in [0.2, 0.25) is 0 Å². The van der Waals surface area contributed by atoms with Crippen molar-refractivity contribution in [2.75, 3.05) is 26.2 Å². The van der Waals surface area contributed by atoms with E-state index in [0.29, 0.717) is 11.8 Å². The molecule has 2 fully saturated rings. The number of rotatable bonds is 3. The van der Waals surface area contributed by atoms with Gasteiger partial charge in [-0.3, -0.25) is 4.90 Å². The molecule has 0 aromatic heterocycles. The number of carbonyl (C=O) groups is 1. The van der Waals surface area contributed by atoms with Crippen LogP contribution in [-0.2, 0) is 4.79 Å². The second kappa shape index (κ2) is 3.93. The minimum Gasteiger partial charge on any atom is -0.479 e. The van der Waals surface area contributed by atoms with E-state index in [4.69, 9.17) is 5.11 Å². The summed E-state index contributed by atoms with van der Waals surface area (Å²) in [4.78, 5) is 13.1. The fourth-order valence-electron chi connectivity index (χ4n) is 3.21. The topological polar surface area (TPSA) is 72.8 Å². The number of nitrogens with one attached hydrogen (secondary N) is 1. The first-order chi connectivity index (χ1) is 7.75. The van der Waals surface area contributed by atoms with E-state index in [-0.39, 0.29) is 12.1 Å². The predicted octanol–water partition coefficient (Wildman–Crippen LogP) is -0.248. The van der Waals surface area contributed by atoms with E-state index < -0.39 is 11.6 Å². The Kier molecular flexibility index (Phi) is 2.96. The maximum absolute atomic E-state index is 11.0. The SMILES string of the molecule is CC(O)(CN1CC2CNCC2C1(C)C)C(=O)O. The Morgan fingerprint density at radius 2 is 2.18 bits per heavy atom. The Balaban J connectivity index is 2.11. The highest BCUT2D eigenvalue weighted by Gasteiger charge is 2.51. The lowest BCUT2D eigenvalue weighted by Crippen LogP contribution is -2.53. The normalized spacial score (nSPS) is 35.5. The predicted molar refractivity (Wildman–Crippen MR) is 63.8 cm³/mol. The van der Waals surface area contributed by atoms with Gasteiger partial charge in [-0.15, -0.1) is 0 Å². The quantitative estimate of drug-likeness (QED) is 0.636. The van der Waals surface area contributed by atoms with Crippen LogP contribution < -0.4 is 5.32 Å². The van der Waals surface area contributed by atoms with Gasteiger partial charge in [-0.1, -0.05) is 0 Å². The Bertz CT molecular complexity index is 328. The number of hydrogen-bond donors (Lipinski definition) is 3. The third kappa shape index (κ3) is 2.07. The van der Waals surface area contributed by atoms with Crippen LogP contribution in [0.3, 0.4) is 0 Å². The molecule has 98 valence electrons. The molecule has 5 nitrogen and oxygen atoms in total. The smallest absolute Gasteiger partial charge is 0.336 e. The van der Waals surface area contributed by atoms with Crippen molar-refractivity contribution in [1.29, 1.82) is 0 Å². The summed E-state index contributed by atoms with van der Waals surface area (Å²) < 4.78 is 0. The van der Waals surface area contributed by atoms with Crippen LogP contribution in [0.15, 0.2) is 0 Å². The van der Waals surface area contributed by atoms with E-state index in [0.717, 1.165) is 19.6 Å². The van der Waals surface area contributed by atoms with Crippen molar-refractivity contribution < 1.29 is 15.0 Å². The van der Waals surface area contributed by atoms with Gasteiger partial charge in [-0.25, -0.2) is 4.79 Å². The number of carboxylic acids is 1. The highest BCUT2D eigenvalue weighted by Crippen LogP contribution is 2.41. The zero-order chi connectivity index (χ0) is 12.8. The molecule has 0 aromatic rings. The van der Waals surface area contributed by atoms with Crippen molar-refractivity contribution in [3.63, 3.8) is 0 Å². The number of hydrogen-bond acceptors (Lipinski definition) is 4. The van der Waals surface area contributed by atoms with Gasteiger partial charge in [0, 0.05) is 25.2 Å². The fraction of sp³-hybridized carbons (Fsp3) is 0.917. The summed E-state index contributed by atoms with van der Waals surface area (Å²) in [6.07, 6.45) is 0. The monoisotopic (exact) mass is 242 g/mol. The molecule has 3 N–H and O–H groups in total. The molecule has 2 heterocycles. The van der Waals surface area contributed by atoms with Crippen LogP contribution in [0.2, 0.25) is 0 Å². The molecule has 0 radical (unpaired) electrons. The van der Waals surface area contributed by atoms with E-state index in [9.17, 15) is 9.90 Å². The molecule has 2 saturated heterocycles. The molecule has 2 rings (SSSR count). The first-order valence-corrected chi connectivity index (χ1v) is 6.16. The lowest BCUT2D eigenvalue weighted by Gasteiger charge is -2.38. The average Bonchev–Trinajstić information content (AvgIpc) is 2.71. The minimum absolute atomic E-state index is 0.0480. The Hall–Kier alpha value is -0.650. The van der Waals surface area contributed by atoms with E-state index in [1.165, 1.54) is 6.92 Å². The minimum atomic E-state index is -1.66. The zero-order valence-electron chi connectivity index (χ0n) is 10.7. The summed E-state index contributed by atoms with van der Waals surface area (Å²) in [5.41, 5.74) is -1.71. The fourth-order valence-corrected chi connectivity index (χ4v) is 3.21. The molecule has 0 aliphatic carbocycles. The molecule has 17 heavy (non-hydrogen) atoms. The van der Waals surface area contributed by atoms with Gasteiger partial charge in [0.15, 0.2) is 5.60 Å². The molecule has 2 aliphatic rings. The van der Waals surface area contributed by atoms with Crippen LogP contribution in [0.4, 0.5) is 0 Å². The van der Waals surface area contributed by atoms with Crippen LogP contribution in [0.5, 0.6) is 0 Å². The van der Waals surface area contributed by atoms with Gasteiger partial charge in [-0.2, -0.15) is 0 Å². The van der Waals surface area contributed by atoms with Crippen LogP contribution >= 0.6 is 0 Å². The molecule has 0 bridgehead atoms. The van der Waals surface area contributed by atoms with Crippen molar-refractivity contribution in [3.05, 3.63) is 0 Å². The van der Waals surface area contributed by atoms with Gasteiger partial charge >= 0.3 is 5.97 Å². The molecule has 2 aliphatic heterocycles. The molecule has 0 spiro atoms. The summed E-state index contributed by atoms with van der Waals surface area (Å²) in [6, 6.07) is 0. The van der Waals surface area contributed by atoms with E-state index >= 15 is 0 Å². The molecule has 5 heteroatoms. The molecular weight excluding hydrogens is 220 g/mol. The van der Waals surface area contributed by atoms with Gasteiger partial charge in [0.1, 0.15) is 0 Å². The van der Waals surface area contributed by atoms with Crippen LogP contribution in [0.25, 0.3) is 0 Å². The van der Waals surface area contributed by atoms with Crippen molar-refractivity contribution in [2.45, 2.75) is 31.9 Å². The molecule has 3 atom stereocenters. The first-order valence-electron chi connectivity index (χ1n) is 6.16. The second-order valence-electron chi connectivity index (χ2n) is 6.14. The first kappa shape index (κ1) is 12.8. The number of nitrogens with zero attached hydrogens (tertiary/aromatic N) is 1. The third-order valence-electron chi connectivity index (χ3n) is 4.48. The largest absolute Gasteiger partial charge is 0.479 e. The van der Waals surface area contributed by atoms with Gasteiger partial charge < -0.3 is 15.5 Å². The average molecular weight is 242 g/mol. The lowest BCUT2D eigenvalue weighted by molar-refractivity contribution is -0.159. The number of carboxylic acid groups (broad SMARTS) is 1. The summed E-state index contributed by atoms with van der Waals surface area (Å²) in [7, 11) is 0. The van der Waals surface area contributed by atoms with Gasteiger partial charge in [0.25, 0.3) is 0 Å². The summed E-state index contributed by atoms with van der Waals surface area (Å²) in [5, 5.41) is 22.3. The lowest BCUT2D eigenvalue weighted by atomic mass is 9.84. The van der Waals surface area contributed by atoms with E-state index in [1.54, 1.807) is 0 Å². The Labute approximate surface area is 102 Å². The molecule has 3 unspecified atom stereocenters. The third-order valence-corrected chi connectivity index (χ3v) is 4.48. The number of aliphatic hydroxyl groups is 1. The summed E-state index contributed by atoms with van der Waals surface area (Å²) in [6.45, 7) is 8.71. The Morgan fingerprint density at radius 1 is 1.53 bits per heavy atom. The maximum atomic E-state index is 11.0. The van der Waals surface area contributed by atoms with Crippen molar-refractivity contribution >= 4 is 5.97 Å². The molecule has 0 amide bonds. The number of likely N-dealkylation sites (tertiary alicyclic amines) is 1. The van der Waals surface area contributed by atoms with Crippen LogP contribution in [0.1, 0.15) is 20.8 Å². The standard InChI is InChI=1S/C12H22N2O3/c1-11(2)9-5-13-4-8(9)6-14(11)7-12(3,17)10(15)16/h8-9,13,17H,4-7H2,1-3H3,(H,15,16). The molecule has 0 saturated carbocycles. The highest BCUT2D eigenvalue weighted by molar-refractivity contribution is 5.76. The van der Waals surface area contributed by atoms with Gasteiger partial charge in [0.05, 0.1) is 0 Å². The highest BCUT2D eigenvalue weighted by atomic mass is 16.4. The number of fused-ring (bicyclic) bond motifs is 1. The number of β-amino-alcohol motifs (C(OH)–C–C–N with tert-alkyl or cyclic N) is 1. The van der Waals surface area contributed by atoms with Crippen LogP contribution in [0, 0.1) is 11.8 Å². The summed E-state index contributed by atoms with van der Waals surface area (Å²) in [5.74, 6) is -0.0230. The van der Waals surface area contributed by atoms with E-state index in [2.05, 4.69) is 24.1 Å². The van der Waals surface area contributed by atoms with Crippen molar-refractivity contribution in [2.24, 2.45) is 11.8 Å². The van der Waals surface area contributed by atoms with E-state index in [1.807, 2.05) is 0 Å². The Morgan fingerprint density at radius 3 is 2.71 bits per heavy atom. The zero-order valence-corrected chi connectivity index (χ0v) is 10.7. The van der Waals surface area contributed by atoms with Crippen molar-refractivity contribution in [1.82, 2.24) is 10.2 Å². The molecule has 0 aromatic carbocycles. The second-order valence-corrected chi connectivity index (χ2v) is 6.14. The molecular formula is C12H22N2O3.